The molecule has 0 bridgehead atoms. The summed E-state index contributed by atoms with van der Waals surface area (Å²) in [5.74, 6) is 0. The molecule has 0 heteroatoms. The molecule has 2 aromatic rings. The maximum Gasteiger partial charge on any atom is -0.0149 e. The summed E-state index contributed by atoms with van der Waals surface area (Å²) in [6.07, 6.45) is 7.28. The minimum Gasteiger partial charge on any atom is -0.0683 e. The van der Waals surface area contributed by atoms with Crippen molar-refractivity contribution < 1.29 is 0 Å². The van der Waals surface area contributed by atoms with Crippen LogP contribution in [0.15, 0.2) is 36.4 Å². The summed E-state index contributed by atoms with van der Waals surface area (Å²) in [6.45, 7) is 12.5. The monoisotopic (exact) mass is 324 g/mol. The van der Waals surface area contributed by atoms with Crippen molar-refractivity contribution in [2.45, 2.75) is 80.1 Å². The molecular formula is C24H36. The number of benzene rings is 2. The Morgan fingerprint density at radius 3 is 1.33 bits per heavy atom. The maximum absolute atomic E-state index is 2.43. The lowest BCUT2D eigenvalue weighted by Gasteiger charge is -2.21. The predicted molar refractivity (Wildman–Crippen MR) is 110 cm³/mol. The second kappa shape index (κ2) is 11.1. The van der Waals surface area contributed by atoms with E-state index < -0.39 is 0 Å². The number of rotatable bonds is 4. The second-order valence-electron chi connectivity index (χ2n) is 5.98. The summed E-state index contributed by atoms with van der Waals surface area (Å²) >= 11 is 0. The largest absolute Gasteiger partial charge is 0.0683 e. The Labute approximate surface area is 150 Å². The zero-order valence-corrected chi connectivity index (χ0v) is 16.7. The van der Waals surface area contributed by atoms with Gasteiger partial charge in [-0.1, -0.05) is 90.8 Å². The lowest BCUT2D eigenvalue weighted by molar-refractivity contribution is 0.890. The normalized spacial score (nSPS) is 11.2. The minimum atomic E-state index is 1.20. The average molecular weight is 325 g/mol. The number of hydrogen-bond donors (Lipinski definition) is 0. The van der Waals surface area contributed by atoms with E-state index in [1.54, 1.807) is 11.1 Å². The van der Waals surface area contributed by atoms with Gasteiger partial charge in [0.1, 0.15) is 0 Å². The van der Waals surface area contributed by atoms with E-state index in [0.717, 1.165) is 0 Å². The van der Waals surface area contributed by atoms with E-state index in [0.29, 0.717) is 0 Å². The van der Waals surface area contributed by atoms with Gasteiger partial charge >= 0.3 is 0 Å². The number of hydrogen-bond acceptors (Lipinski definition) is 0. The van der Waals surface area contributed by atoms with E-state index in [2.05, 4.69) is 50.2 Å². The minimum absolute atomic E-state index is 1.20. The predicted octanol–water partition coefficient (Wildman–Crippen LogP) is 7.41. The first-order valence-corrected chi connectivity index (χ1v) is 10.1. The molecule has 1 aliphatic carbocycles. The molecule has 0 atom stereocenters. The Kier molecular flexibility index (Phi) is 9.45. The Morgan fingerprint density at radius 1 is 0.625 bits per heavy atom. The molecular weight excluding hydrogens is 288 g/mol. The molecule has 2 aromatic carbocycles. The van der Waals surface area contributed by atoms with Crippen molar-refractivity contribution in [1.29, 1.82) is 0 Å². The van der Waals surface area contributed by atoms with E-state index in [-0.39, 0.29) is 0 Å². The molecule has 0 aliphatic heterocycles. The third-order valence-corrected chi connectivity index (χ3v) is 4.37. The SMILES string of the molecule is CC.CC.CCCc1ccc2c(c1)CCc1cc(CCC)ccc1-2. The third kappa shape index (κ3) is 4.97. The van der Waals surface area contributed by atoms with Crippen molar-refractivity contribution in [1.82, 2.24) is 0 Å². The van der Waals surface area contributed by atoms with Crippen LogP contribution in [0.25, 0.3) is 11.1 Å². The Bertz CT molecular complexity index is 552. The molecule has 3 rings (SSSR count). The smallest absolute Gasteiger partial charge is 0.0149 e. The van der Waals surface area contributed by atoms with Crippen LogP contribution in [-0.4, -0.2) is 0 Å². The van der Waals surface area contributed by atoms with E-state index in [1.807, 2.05) is 27.7 Å². The lowest BCUT2D eigenvalue weighted by Crippen LogP contribution is -2.05. The van der Waals surface area contributed by atoms with Crippen molar-refractivity contribution in [3.8, 4) is 11.1 Å². The van der Waals surface area contributed by atoms with Crippen LogP contribution in [0.5, 0.6) is 0 Å². The summed E-state index contributed by atoms with van der Waals surface area (Å²) in [5.41, 5.74) is 9.02. The summed E-state index contributed by atoms with van der Waals surface area (Å²) in [6, 6.07) is 14.2. The molecule has 132 valence electrons. The van der Waals surface area contributed by atoms with Crippen LogP contribution < -0.4 is 0 Å². The van der Waals surface area contributed by atoms with Gasteiger partial charge in [-0.15, -0.1) is 0 Å². The molecule has 1 aliphatic rings. The first-order chi connectivity index (χ1) is 11.8. The Morgan fingerprint density at radius 2 is 1.00 bits per heavy atom. The molecule has 0 amide bonds. The summed E-state index contributed by atoms with van der Waals surface area (Å²) in [5, 5.41) is 0. The number of aryl methyl sites for hydroxylation is 4. The van der Waals surface area contributed by atoms with E-state index >= 15 is 0 Å². The molecule has 0 saturated carbocycles. The van der Waals surface area contributed by atoms with Gasteiger partial charge in [-0.05, 0) is 59.1 Å². The summed E-state index contributed by atoms with van der Waals surface area (Å²) in [7, 11) is 0. The van der Waals surface area contributed by atoms with E-state index in [4.69, 9.17) is 0 Å². The lowest BCUT2D eigenvalue weighted by atomic mass is 9.83. The van der Waals surface area contributed by atoms with Gasteiger partial charge in [0.15, 0.2) is 0 Å². The van der Waals surface area contributed by atoms with Crippen molar-refractivity contribution in [3.05, 3.63) is 58.7 Å². The molecule has 0 aromatic heterocycles. The van der Waals surface area contributed by atoms with Crippen molar-refractivity contribution in [2.24, 2.45) is 0 Å². The molecule has 0 spiro atoms. The van der Waals surface area contributed by atoms with Crippen LogP contribution in [0.2, 0.25) is 0 Å². The van der Waals surface area contributed by atoms with Crippen LogP contribution in [-0.2, 0) is 25.7 Å². The molecule has 0 N–H and O–H groups in total. The van der Waals surface area contributed by atoms with Crippen LogP contribution in [0.3, 0.4) is 0 Å². The highest BCUT2D eigenvalue weighted by atomic mass is 14.2. The number of fused-ring (bicyclic) bond motifs is 3. The fourth-order valence-electron chi connectivity index (χ4n) is 3.39. The van der Waals surface area contributed by atoms with Gasteiger partial charge in [0.05, 0.1) is 0 Å². The highest BCUT2D eigenvalue weighted by Crippen LogP contribution is 2.34. The Hall–Kier alpha value is -1.56. The van der Waals surface area contributed by atoms with E-state index in [1.165, 1.54) is 60.8 Å². The molecule has 0 radical (unpaired) electrons. The Balaban J connectivity index is 0.000000671. The zero-order chi connectivity index (χ0) is 17.9. The van der Waals surface area contributed by atoms with Crippen molar-refractivity contribution in [2.75, 3.05) is 0 Å². The van der Waals surface area contributed by atoms with Crippen molar-refractivity contribution in [3.63, 3.8) is 0 Å². The highest BCUT2D eigenvalue weighted by Gasteiger charge is 2.16. The molecule has 0 saturated heterocycles. The van der Waals surface area contributed by atoms with Gasteiger partial charge < -0.3 is 0 Å². The van der Waals surface area contributed by atoms with Gasteiger partial charge in [-0.3, -0.25) is 0 Å². The van der Waals surface area contributed by atoms with E-state index in [9.17, 15) is 0 Å². The van der Waals surface area contributed by atoms with Gasteiger partial charge in [0.25, 0.3) is 0 Å². The van der Waals surface area contributed by atoms with Gasteiger partial charge in [0, 0.05) is 0 Å². The fourth-order valence-corrected chi connectivity index (χ4v) is 3.39. The zero-order valence-electron chi connectivity index (χ0n) is 16.7. The molecule has 24 heavy (non-hydrogen) atoms. The quantitative estimate of drug-likeness (QED) is 0.549. The summed E-state index contributed by atoms with van der Waals surface area (Å²) in [4.78, 5) is 0. The maximum atomic E-state index is 2.43. The first-order valence-electron chi connectivity index (χ1n) is 10.1. The molecule has 0 nitrogen and oxygen atoms in total. The van der Waals surface area contributed by atoms with Gasteiger partial charge in [-0.2, -0.15) is 0 Å². The fraction of sp³-hybridized carbons (Fsp3) is 0.500. The molecule has 0 fully saturated rings. The first kappa shape index (κ1) is 20.5. The molecule has 0 unspecified atom stereocenters. The van der Waals surface area contributed by atoms with Gasteiger partial charge in [0.2, 0.25) is 0 Å². The molecule has 0 heterocycles. The average Bonchev–Trinajstić information content (AvgIpc) is 2.65. The van der Waals surface area contributed by atoms with Gasteiger partial charge in [-0.25, -0.2) is 0 Å². The van der Waals surface area contributed by atoms with Crippen molar-refractivity contribution >= 4 is 0 Å². The third-order valence-electron chi connectivity index (χ3n) is 4.37. The second-order valence-corrected chi connectivity index (χ2v) is 5.98. The van der Waals surface area contributed by atoms with Crippen LogP contribution in [0, 0.1) is 0 Å². The van der Waals surface area contributed by atoms with Crippen LogP contribution in [0.4, 0.5) is 0 Å². The highest BCUT2D eigenvalue weighted by molar-refractivity contribution is 5.73. The summed E-state index contributed by atoms with van der Waals surface area (Å²) < 4.78 is 0. The van der Waals surface area contributed by atoms with Crippen LogP contribution >= 0.6 is 0 Å². The standard InChI is InChI=1S/C20H24.2C2H6/c1-3-5-15-7-11-19-17(13-15)9-10-18-14-16(6-4-2)8-12-20(18)19;2*1-2/h7-8,11-14H,3-6,9-10H2,1-2H3;2*1-2H3. The van der Waals surface area contributed by atoms with Crippen LogP contribution in [0.1, 0.15) is 76.6 Å². The topological polar surface area (TPSA) is 0 Å².